The number of piperidine rings is 1. The van der Waals surface area contributed by atoms with Crippen LogP contribution in [0.25, 0.3) is 0 Å². The molecule has 140 valence electrons. The first-order valence-corrected chi connectivity index (χ1v) is 9.29. The summed E-state index contributed by atoms with van der Waals surface area (Å²) in [5.74, 6) is 0. The summed E-state index contributed by atoms with van der Waals surface area (Å²) < 4.78 is 5.40. The number of amides is 1. The largest absolute Gasteiger partial charge is 0.444 e. The molecule has 2 rings (SSSR count). The average molecular weight is 348 g/mol. The third-order valence-corrected chi connectivity index (χ3v) is 4.66. The lowest BCUT2D eigenvalue weighted by atomic mass is 9.86. The lowest BCUT2D eigenvalue weighted by molar-refractivity contribution is -0.0377. The maximum absolute atomic E-state index is 12.1. The van der Waals surface area contributed by atoms with Crippen molar-refractivity contribution in [2.45, 2.75) is 77.4 Å². The number of aliphatic hydroxyl groups is 1. The zero-order chi connectivity index (χ0) is 18.5. The molecule has 0 aromatic carbocycles. The minimum Gasteiger partial charge on any atom is -0.444 e. The van der Waals surface area contributed by atoms with Gasteiger partial charge in [0.2, 0.25) is 0 Å². The van der Waals surface area contributed by atoms with Crippen molar-refractivity contribution < 1.29 is 14.6 Å². The molecule has 0 spiro atoms. The molecule has 1 aromatic heterocycles. The van der Waals surface area contributed by atoms with Crippen molar-refractivity contribution in [3.63, 3.8) is 0 Å². The minimum absolute atomic E-state index is 0.275. The molecule has 1 aliphatic heterocycles. The number of aromatic nitrogens is 1. The summed E-state index contributed by atoms with van der Waals surface area (Å²) in [6.07, 6.45) is 6.68. The Hall–Kier alpha value is -1.62. The molecule has 1 aromatic rings. The van der Waals surface area contributed by atoms with Gasteiger partial charge in [-0.15, -0.1) is 0 Å². The summed E-state index contributed by atoms with van der Waals surface area (Å²) in [5, 5.41) is 10.8. The van der Waals surface area contributed by atoms with Crippen LogP contribution in [0.2, 0.25) is 0 Å². The van der Waals surface area contributed by atoms with Crippen molar-refractivity contribution >= 4 is 6.09 Å². The standard InChI is InChI=1S/C20H32N2O3/c1-16-15-17(8-12-21-16)7-5-6-9-20(24)10-13-22(14-11-20)18(23)25-19(2,3)4/h8,12,15,24H,5-7,9-11,13-14H2,1-4H3. The Bertz CT molecular complexity index is 573. The van der Waals surface area contributed by atoms with Crippen LogP contribution in [0.4, 0.5) is 4.79 Å². The first kappa shape index (κ1) is 19.7. The number of rotatable bonds is 5. The molecule has 0 aliphatic carbocycles. The fraction of sp³-hybridized carbons (Fsp3) is 0.700. The highest BCUT2D eigenvalue weighted by Crippen LogP contribution is 2.28. The van der Waals surface area contributed by atoms with E-state index in [0.29, 0.717) is 25.9 Å². The highest BCUT2D eigenvalue weighted by Gasteiger charge is 2.34. The average Bonchev–Trinajstić information content (AvgIpc) is 2.51. The number of pyridine rings is 1. The van der Waals surface area contributed by atoms with E-state index >= 15 is 0 Å². The first-order chi connectivity index (χ1) is 11.7. The number of aryl methyl sites for hydroxylation is 2. The van der Waals surface area contributed by atoms with Crippen LogP contribution >= 0.6 is 0 Å². The van der Waals surface area contributed by atoms with Crippen molar-refractivity contribution in [2.75, 3.05) is 13.1 Å². The van der Waals surface area contributed by atoms with E-state index in [1.807, 2.05) is 33.9 Å². The molecule has 0 bridgehead atoms. The monoisotopic (exact) mass is 348 g/mol. The molecule has 0 atom stereocenters. The third-order valence-electron chi connectivity index (χ3n) is 4.66. The van der Waals surface area contributed by atoms with Gasteiger partial charge in [-0.1, -0.05) is 6.42 Å². The highest BCUT2D eigenvalue weighted by atomic mass is 16.6. The molecule has 0 radical (unpaired) electrons. The Morgan fingerprint density at radius 1 is 1.32 bits per heavy atom. The molecule has 1 saturated heterocycles. The Morgan fingerprint density at radius 2 is 2.00 bits per heavy atom. The molecule has 1 fully saturated rings. The molecule has 0 unspecified atom stereocenters. The van der Waals surface area contributed by atoms with Crippen LogP contribution in [0.5, 0.6) is 0 Å². The van der Waals surface area contributed by atoms with Gasteiger partial charge < -0.3 is 14.7 Å². The molecular formula is C20H32N2O3. The second-order valence-electron chi connectivity index (χ2n) is 8.20. The highest BCUT2D eigenvalue weighted by molar-refractivity contribution is 5.68. The number of hydrogen-bond acceptors (Lipinski definition) is 4. The summed E-state index contributed by atoms with van der Waals surface area (Å²) >= 11 is 0. The number of hydrogen-bond donors (Lipinski definition) is 1. The number of nitrogens with zero attached hydrogens (tertiary/aromatic N) is 2. The Kier molecular flexibility index (Phi) is 6.44. The molecular weight excluding hydrogens is 316 g/mol. The Morgan fingerprint density at radius 3 is 2.60 bits per heavy atom. The van der Waals surface area contributed by atoms with Crippen LogP contribution in [0.15, 0.2) is 18.3 Å². The van der Waals surface area contributed by atoms with Gasteiger partial charge in [-0.2, -0.15) is 0 Å². The molecule has 1 amide bonds. The van der Waals surface area contributed by atoms with E-state index in [9.17, 15) is 9.90 Å². The van der Waals surface area contributed by atoms with E-state index in [0.717, 1.165) is 31.4 Å². The van der Waals surface area contributed by atoms with Gasteiger partial charge in [0, 0.05) is 25.0 Å². The number of carbonyl (C=O) groups is 1. The predicted octanol–water partition coefficient (Wildman–Crippen LogP) is 3.86. The fourth-order valence-electron chi connectivity index (χ4n) is 3.22. The number of likely N-dealkylation sites (tertiary alicyclic amines) is 1. The van der Waals surface area contributed by atoms with Crippen LogP contribution in [0, 0.1) is 6.92 Å². The molecule has 25 heavy (non-hydrogen) atoms. The van der Waals surface area contributed by atoms with E-state index in [2.05, 4.69) is 17.1 Å². The summed E-state index contributed by atoms with van der Waals surface area (Å²) in [6, 6.07) is 4.18. The molecule has 1 aliphatic rings. The van der Waals surface area contributed by atoms with Gasteiger partial charge in [0.05, 0.1) is 5.60 Å². The van der Waals surface area contributed by atoms with Gasteiger partial charge in [0.25, 0.3) is 0 Å². The van der Waals surface area contributed by atoms with Crippen LogP contribution in [-0.4, -0.2) is 45.4 Å². The van der Waals surface area contributed by atoms with Gasteiger partial charge in [0.1, 0.15) is 5.60 Å². The SMILES string of the molecule is Cc1cc(CCCCC2(O)CCN(C(=O)OC(C)(C)C)CC2)ccn1. The van der Waals surface area contributed by atoms with Crippen molar-refractivity contribution in [2.24, 2.45) is 0 Å². The maximum Gasteiger partial charge on any atom is 0.410 e. The van der Waals surface area contributed by atoms with Crippen molar-refractivity contribution in [1.82, 2.24) is 9.88 Å². The van der Waals surface area contributed by atoms with Crippen LogP contribution in [-0.2, 0) is 11.2 Å². The van der Waals surface area contributed by atoms with Gasteiger partial charge in [-0.05, 0) is 77.5 Å². The molecule has 5 heteroatoms. The van der Waals surface area contributed by atoms with Gasteiger partial charge in [0.15, 0.2) is 0 Å². The van der Waals surface area contributed by atoms with Gasteiger partial charge in [-0.25, -0.2) is 4.79 Å². The third kappa shape index (κ3) is 6.65. The first-order valence-electron chi connectivity index (χ1n) is 9.29. The van der Waals surface area contributed by atoms with Gasteiger partial charge in [-0.3, -0.25) is 4.98 Å². The van der Waals surface area contributed by atoms with E-state index in [-0.39, 0.29) is 6.09 Å². The fourth-order valence-corrected chi connectivity index (χ4v) is 3.22. The predicted molar refractivity (Wildman–Crippen MR) is 98.5 cm³/mol. The summed E-state index contributed by atoms with van der Waals surface area (Å²) in [6.45, 7) is 8.75. The minimum atomic E-state index is -0.646. The Balaban J connectivity index is 1.70. The topological polar surface area (TPSA) is 62.7 Å². The van der Waals surface area contributed by atoms with Crippen LogP contribution in [0.1, 0.15) is 64.1 Å². The zero-order valence-corrected chi connectivity index (χ0v) is 16.0. The van der Waals surface area contributed by atoms with E-state index in [4.69, 9.17) is 4.74 Å². The summed E-state index contributed by atoms with van der Waals surface area (Å²) in [7, 11) is 0. The van der Waals surface area contributed by atoms with Crippen molar-refractivity contribution in [3.05, 3.63) is 29.6 Å². The lowest BCUT2D eigenvalue weighted by Crippen LogP contribution is -2.48. The summed E-state index contributed by atoms with van der Waals surface area (Å²) in [5.41, 5.74) is 1.23. The van der Waals surface area contributed by atoms with Crippen molar-refractivity contribution in [1.29, 1.82) is 0 Å². The van der Waals surface area contributed by atoms with Crippen molar-refractivity contribution in [3.8, 4) is 0 Å². The molecule has 1 N–H and O–H groups in total. The van der Waals surface area contributed by atoms with Crippen LogP contribution in [0.3, 0.4) is 0 Å². The van der Waals surface area contributed by atoms with Crippen LogP contribution < -0.4 is 0 Å². The molecule has 2 heterocycles. The normalized spacial score (nSPS) is 17.4. The van der Waals surface area contributed by atoms with E-state index in [1.54, 1.807) is 4.90 Å². The smallest absolute Gasteiger partial charge is 0.410 e. The second kappa shape index (κ2) is 8.17. The maximum atomic E-state index is 12.1. The molecule has 5 nitrogen and oxygen atoms in total. The zero-order valence-electron chi connectivity index (χ0n) is 16.0. The van der Waals surface area contributed by atoms with E-state index in [1.165, 1.54) is 5.56 Å². The number of carbonyl (C=O) groups excluding carboxylic acids is 1. The Labute approximate surface area is 151 Å². The number of ether oxygens (including phenoxy) is 1. The molecule has 0 saturated carbocycles. The lowest BCUT2D eigenvalue weighted by Gasteiger charge is -2.38. The quantitative estimate of drug-likeness (QED) is 0.821. The van der Waals surface area contributed by atoms with E-state index < -0.39 is 11.2 Å². The number of unbranched alkanes of at least 4 members (excludes halogenated alkanes) is 1. The second-order valence-corrected chi connectivity index (χ2v) is 8.20. The summed E-state index contributed by atoms with van der Waals surface area (Å²) in [4.78, 5) is 18.0. The van der Waals surface area contributed by atoms with Gasteiger partial charge >= 0.3 is 6.09 Å².